The summed E-state index contributed by atoms with van der Waals surface area (Å²) in [5.74, 6) is 1.07. The topological polar surface area (TPSA) is 49.8 Å². The standard InChI is InChI=1S/C19H25NO3/c21-17(14-6-2-1-3-7-14)18(22)20-11-19(12-20)10-15-8-4-5-9-16(15)23-13-19/h4-5,8-9,14,17,21H,1-3,6-7,10-13H2/t17-/m1/s1. The number of fused-ring (bicyclic) bond motifs is 1. The molecule has 1 spiro atoms. The van der Waals surface area contributed by atoms with Crippen LogP contribution in [0.4, 0.5) is 0 Å². The summed E-state index contributed by atoms with van der Waals surface area (Å²) < 4.78 is 5.89. The molecule has 2 aliphatic heterocycles. The fourth-order valence-corrected chi connectivity index (χ4v) is 4.44. The van der Waals surface area contributed by atoms with Gasteiger partial charge in [-0.1, -0.05) is 37.5 Å². The summed E-state index contributed by atoms with van der Waals surface area (Å²) in [4.78, 5) is 14.4. The van der Waals surface area contributed by atoms with Crippen LogP contribution in [0.25, 0.3) is 0 Å². The minimum Gasteiger partial charge on any atom is -0.493 e. The van der Waals surface area contributed by atoms with Crippen LogP contribution >= 0.6 is 0 Å². The Morgan fingerprint density at radius 2 is 1.96 bits per heavy atom. The van der Waals surface area contributed by atoms with Gasteiger partial charge in [-0.25, -0.2) is 0 Å². The van der Waals surface area contributed by atoms with Gasteiger partial charge < -0.3 is 14.7 Å². The normalized spacial score (nSPS) is 24.5. The minimum atomic E-state index is -0.801. The van der Waals surface area contributed by atoms with Gasteiger partial charge in [-0.05, 0) is 36.8 Å². The highest BCUT2D eigenvalue weighted by Gasteiger charge is 2.49. The number of amides is 1. The smallest absolute Gasteiger partial charge is 0.251 e. The first-order chi connectivity index (χ1) is 11.2. The summed E-state index contributed by atoms with van der Waals surface area (Å²) in [5.41, 5.74) is 1.29. The van der Waals surface area contributed by atoms with Gasteiger partial charge in [-0.2, -0.15) is 0 Å². The summed E-state index contributed by atoms with van der Waals surface area (Å²) >= 11 is 0. The highest BCUT2D eigenvalue weighted by Crippen LogP contribution is 2.41. The van der Waals surface area contributed by atoms with E-state index in [-0.39, 0.29) is 17.2 Å². The number of rotatable bonds is 2. The van der Waals surface area contributed by atoms with E-state index in [4.69, 9.17) is 4.74 Å². The molecule has 1 aliphatic carbocycles. The maximum absolute atomic E-state index is 12.5. The number of ether oxygens (including phenoxy) is 1. The molecule has 1 aromatic carbocycles. The lowest BCUT2D eigenvalue weighted by Gasteiger charge is -2.52. The Bertz CT molecular complexity index is 588. The van der Waals surface area contributed by atoms with Crippen molar-refractivity contribution in [3.8, 4) is 5.75 Å². The van der Waals surface area contributed by atoms with Crippen molar-refractivity contribution in [2.75, 3.05) is 19.7 Å². The SMILES string of the molecule is O=C([C@H](O)C1CCCCC1)N1CC2(COc3ccccc3C2)C1. The van der Waals surface area contributed by atoms with Crippen LogP contribution in [0, 0.1) is 11.3 Å². The molecule has 4 heteroatoms. The molecular weight excluding hydrogens is 290 g/mol. The van der Waals surface area contributed by atoms with Crippen molar-refractivity contribution >= 4 is 5.91 Å². The number of likely N-dealkylation sites (tertiary alicyclic amines) is 1. The third kappa shape index (κ3) is 2.74. The Labute approximate surface area is 137 Å². The number of para-hydroxylation sites is 1. The summed E-state index contributed by atoms with van der Waals surface area (Å²) in [6.45, 7) is 2.10. The van der Waals surface area contributed by atoms with Crippen LogP contribution in [0.1, 0.15) is 37.7 Å². The van der Waals surface area contributed by atoms with Crippen LogP contribution in [0.2, 0.25) is 0 Å². The monoisotopic (exact) mass is 315 g/mol. The van der Waals surface area contributed by atoms with E-state index in [0.29, 0.717) is 19.7 Å². The Morgan fingerprint density at radius 1 is 1.22 bits per heavy atom. The van der Waals surface area contributed by atoms with E-state index in [2.05, 4.69) is 6.07 Å². The molecule has 1 aromatic rings. The van der Waals surface area contributed by atoms with E-state index >= 15 is 0 Å². The van der Waals surface area contributed by atoms with Crippen molar-refractivity contribution in [1.82, 2.24) is 4.90 Å². The number of carbonyl (C=O) groups is 1. The number of aliphatic hydroxyl groups excluding tert-OH is 1. The van der Waals surface area contributed by atoms with Gasteiger partial charge >= 0.3 is 0 Å². The second kappa shape index (κ2) is 5.82. The van der Waals surface area contributed by atoms with E-state index in [1.54, 1.807) is 0 Å². The van der Waals surface area contributed by atoms with Crippen LogP contribution in [-0.2, 0) is 11.2 Å². The Balaban J connectivity index is 1.37. The van der Waals surface area contributed by atoms with Gasteiger partial charge in [0.05, 0.1) is 6.61 Å². The van der Waals surface area contributed by atoms with Crippen molar-refractivity contribution in [2.45, 2.75) is 44.6 Å². The molecule has 0 radical (unpaired) electrons. The Hall–Kier alpha value is -1.55. The first kappa shape index (κ1) is 15.0. The van der Waals surface area contributed by atoms with Crippen LogP contribution in [-0.4, -0.2) is 41.7 Å². The van der Waals surface area contributed by atoms with Crippen LogP contribution in [0.5, 0.6) is 5.75 Å². The van der Waals surface area contributed by atoms with Crippen molar-refractivity contribution < 1.29 is 14.6 Å². The van der Waals surface area contributed by atoms with Gasteiger partial charge in [0, 0.05) is 18.5 Å². The second-order valence-electron chi connectivity index (χ2n) is 7.61. The maximum atomic E-state index is 12.5. The number of benzene rings is 1. The van der Waals surface area contributed by atoms with Crippen molar-refractivity contribution in [2.24, 2.45) is 11.3 Å². The molecule has 1 saturated carbocycles. The predicted molar refractivity (Wildman–Crippen MR) is 87.2 cm³/mol. The Morgan fingerprint density at radius 3 is 2.74 bits per heavy atom. The zero-order chi connectivity index (χ0) is 15.9. The van der Waals surface area contributed by atoms with E-state index < -0.39 is 6.10 Å². The van der Waals surface area contributed by atoms with Crippen molar-refractivity contribution in [1.29, 1.82) is 0 Å². The predicted octanol–water partition coefficient (Wildman–Crippen LogP) is 2.39. The lowest BCUT2D eigenvalue weighted by atomic mass is 9.73. The molecule has 1 saturated heterocycles. The number of aliphatic hydroxyl groups is 1. The molecule has 1 amide bonds. The van der Waals surface area contributed by atoms with Gasteiger partial charge in [0.25, 0.3) is 5.91 Å². The molecule has 3 aliphatic rings. The van der Waals surface area contributed by atoms with E-state index in [1.165, 1.54) is 12.0 Å². The average molecular weight is 315 g/mol. The molecule has 0 unspecified atom stereocenters. The number of nitrogens with zero attached hydrogens (tertiary/aromatic N) is 1. The fourth-order valence-electron chi connectivity index (χ4n) is 4.44. The molecule has 1 N–H and O–H groups in total. The zero-order valence-corrected chi connectivity index (χ0v) is 13.5. The molecule has 2 fully saturated rings. The quantitative estimate of drug-likeness (QED) is 0.912. The summed E-state index contributed by atoms with van der Waals surface area (Å²) in [6, 6.07) is 8.15. The molecule has 23 heavy (non-hydrogen) atoms. The van der Waals surface area contributed by atoms with Gasteiger partial charge in [-0.15, -0.1) is 0 Å². The lowest BCUT2D eigenvalue weighted by molar-refractivity contribution is -0.159. The van der Waals surface area contributed by atoms with Crippen LogP contribution in [0.3, 0.4) is 0 Å². The van der Waals surface area contributed by atoms with Crippen LogP contribution < -0.4 is 4.74 Å². The molecule has 1 atom stereocenters. The molecule has 0 aromatic heterocycles. The van der Waals surface area contributed by atoms with E-state index in [0.717, 1.165) is 37.9 Å². The van der Waals surface area contributed by atoms with E-state index in [1.807, 2.05) is 23.1 Å². The molecular formula is C19H25NO3. The van der Waals surface area contributed by atoms with Gasteiger partial charge in [0.1, 0.15) is 11.9 Å². The minimum absolute atomic E-state index is 0.0519. The highest BCUT2D eigenvalue weighted by atomic mass is 16.5. The lowest BCUT2D eigenvalue weighted by Crippen LogP contribution is -2.65. The van der Waals surface area contributed by atoms with E-state index in [9.17, 15) is 9.90 Å². The first-order valence-electron chi connectivity index (χ1n) is 8.84. The van der Waals surface area contributed by atoms with Gasteiger partial charge in [-0.3, -0.25) is 4.79 Å². The molecule has 124 valence electrons. The fraction of sp³-hybridized carbons (Fsp3) is 0.632. The number of carbonyl (C=O) groups excluding carboxylic acids is 1. The summed E-state index contributed by atoms with van der Waals surface area (Å²) in [5, 5.41) is 10.4. The summed E-state index contributed by atoms with van der Waals surface area (Å²) in [7, 11) is 0. The number of hydrogen-bond acceptors (Lipinski definition) is 3. The largest absolute Gasteiger partial charge is 0.493 e. The average Bonchev–Trinajstić information content (AvgIpc) is 2.58. The van der Waals surface area contributed by atoms with Gasteiger partial charge in [0.2, 0.25) is 0 Å². The Kier molecular flexibility index (Phi) is 3.80. The van der Waals surface area contributed by atoms with Gasteiger partial charge in [0.15, 0.2) is 0 Å². The van der Waals surface area contributed by atoms with Crippen molar-refractivity contribution in [3.63, 3.8) is 0 Å². The zero-order valence-electron chi connectivity index (χ0n) is 13.5. The van der Waals surface area contributed by atoms with Crippen LogP contribution in [0.15, 0.2) is 24.3 Å². The second-order valence-corrected chi connectivity index (χ2v) is 7.61. The summed E-state index contributed by atoms with van der Waals surface area (Å²) in [6.07, 6.45) is 5.66. The molecule has 0 bridgehead atoms. The third-order valence-corrected chi connectivity index (χ3v) is 5.79. The third-order valence-electron chi connectivity index (χ3n) is 5.79. The maximum Gasteiger partial charge on any atom is 0.251 e. The molecule has 4 nitrogen and oxygen atoms in total. The first-order valence-corrected chi connectivity index (χ1v) is 8.84. The molecule has 4 rings (SSSR count). The highest BCUT2D eigenvalue weighted by molar-refractivity contribution is 5.82. The van der Waals surface area contributed by atoms with Crippen molar-refractivity contribution in [3.05, 3.63) is 29.8 Å². The molecule has 2 heterocycles. The number of hydrogen-bond donors (Lipinski definition) is 1.